The van der Waals surface area contributed by atoms with E-state index in [-0.39, 0.29) is 6.10 Å². The number of nitrogens with zero attached hydrogens (tertiary/aromatic N) is 1. The summed E-state index contributed by atoms with van der Waals surface area (Å²) in [4.78, 5) is 2.45. The van der Waals surface area contributed by atoms with Crippen LogP contribution in [0.2, 0.25) is 0 Å². The lowest BCUT2D eigenvalue weighted by atomic mass is 9.90. The number of rotatable bonds is 6. The zero-order valence-electron chi connectivity index (χ0n) is 18.2. The van der Waals surface area contributed by atoms with Crippen molar-refractivity contribution >= 4 is 0 Å². The maximum atomic E-state index is 9.83. The van der Waals surface area contributed by atoms with E-state index in [0.717, 1.165) is 43.8 Å². The van der Waals surface area contributed by atoms with Gasteiger partial charge in [-0.15, -0.1) is 0 Å². The van der Waals surface area contributed by atoms with Crippen LogP contribution in [0.25, 0.3) is 0 Å². The van der Waals surface area contributed by atoms with Crippen molar-refractivity contribution in [3.63, 3.8) is 0 Å². The smallest absolute Gasteiger partial charge is 0.203 e. The number of fused-ring (bicyclic) bond motifs is 1. The predicted octanol–water partition coefficient (Wildman–Crippen LogP) is 4.99. The second-order valence-corrected chi connectivity index (χ2v) is 8.60. The SMILES string of the molecule is Oc1cccc(C2CCCN(CC3COc4c(OCc5ccccc5)cccc4O3)C2)c1. The van der Waals surface area contributed by atoms with Crippen LogP contribution >= 0.6 is 0 Å². The lowest BCUT2D eigenvalue weighted by molar-refractivity contribution is 0.0479. The fourth-order valence-corrected chi connectivity index (χ4v) is 4.62. The summed E-state index contributed by atoms with van der Waals surface area (Å²) in [7, 11) is 0. The first-order chi connectivity index (χ1) is 15.7. The molecule has 0 amide bonds. The van der Waals surface area contributed by atoms with E-state index in [2.05, 4.69) is 11.0 Å². The number of hydrogen-bond donors (Lipinski definition) is 1. The molecule has 2 unspecified atom stereocenters. The molecule has 2 heterocycles. The van der Waals surface area contributed by atoms with Gasteiger partial charge in [0.25, 0.3) is 0 Å². The molecule has 0 aromatic heterocycles. The Balaban J connectivity index is 1.20. The van der Waals surface area contributed by atoms with E-state index in [1.54, 1.807) is 6.07 Å². The fraction of sp³-hybridized carbons (Fsp3) is 0.333. The van der Waals surface area contributed by atoms with Gasteiger partial charge in [0.2, 0.25) is 5.75 Å². The highest BCUT2D eigenvalue weighted by molar-refractivity contribution is 5.52. The van der Waals surface area contributed by atoms with Crippen LogP contribution in [0.3, 0.4) is 0 Å². The molecule has 1 fully saturated rings. The Kier molecular flexibility index (Phi) is 6.17. The number of para-hydroxylation sites is 1. The molecule has 3 aromatic carbocycles. The number of piperidine rings is 1. The minimum absolute atomic E-state index is 0.0187. The van der Waals surface area contributed by atoms with Crippen LogP contribution in [0.5, 0.6) is 23.0 Å². The van der Waals surface area contributed by atoms with E-state index >= 15 is 0 Å². The zero-order valence-corrected chi connectivity index (χ0v) is 18.2. The molecule has 0 bridgehead atoms. The molecule has 5 nitrogen and oxygen atoms in total. The van der Waals surface area contributed by atoms with Crippen LogP contribution in [-0.2, 0) is 6.61 Å². The highest BCUT2D eigenvalue weighted by atomic mass is 16.6. The molecule has 0 saturated carbocycles. The van der Waals surface area contributed by atoms with E-state index in [1.807, 2.05) is 60.7 Å². The summed E-state index contributed by atoms with van der Waals surface area (Å²) < 4.78 is 18.4. The van der Waals surface area contributed by atoms with Gasteiger partial charge in [0.1, 0.15) is 25.1 Å². The van der Waals surface area contributed by atoms with Gasteiger partial charge in [0.15, 0.2) is 11.5 Å². The number of hydrogen-bond acceptors (Lipinski definition) is 5. The first kappa shape index (κ1) is 20.7. The molecular weight excluding hydrogens is 402 g/mol. The molecule has 5 heteroatoms. The highest BCUT2D eigenvalue weighted by Gasteiger charge is 2.28. The van der Waals surface area contributed by atoms with Crippen molar-refractivity contribution in [1.82, 2.24) is 4.90 Å². The van der Waals surface area contributed by atoms with Crippen LogP contribution in [0.4, 0.5) is 0 Å². The lowest BCUT2D eigenvalue weighted by Gasteiger charge is -2.36. The maximum Gasteiger partial charge on any atom is 0.203 e. The molecule has 0 spiro atoms. The molecule has 0 aliphatic carbocycles. The largest absolute Gasteiger partial charge is 0.508 e. The first-order valence-electron chi connectivity index (χ1n) is 11.3. The Hall–Kier alpha value is -3.18. The third-order valence-electron chi connectivity index (χ3n) is 6.20. The summed E-state index contributed by atoms with van der Waals surface area (Å²) in [5, 5.41) is 9.83. The van der Waals surface area contributed by atoms with Crippen LogP contribution in [-0.4, -0.2) is 42.4 Å². The molecule has 2 atom stereocenters. The maximum absolute atomic E-state index is 9.83. The molecule has 32 heavy (non-hydrogen) atoms. The monoisotopic (exact) mass is 431 g/mol. The van der Waals surface area contributed by atoms with Crippen LogP contribution in [0, 0.1) is 0 Å². The molecule has 3 aromatic rings. The minimum atomic E-state index is -0.0187. The van der Waals surface area contributed by atoms with E-state index < -0.39 is 0 Å². The van der Waals surface area contributed by atoms with Crippen molar-refractivity contribution < 1.29 is 19.3 Å². The fourth-order valence-electron chi connectivity index (χ4n) is 4.62. The Morgan fingerprint density at radius 2 is 1.88 bits per heavy atom. The van der Waals surface area contributed by atoms with Gasteiger partial charge in [-0.25, -0.2) is 0 Å². The quantitative estimate of drug-likeness (QED) is 0.596. The third kappa shape index (κ3) is 4.83. The second kappa shape index (κ2) is 9.53. The van der Waals surface area contributed by atoms with Crippen LogP contribution < -0.4 is 14.2 Å². The average Bonchev–Trinajstić information content (AvgIpc) is 2.83. The Morgan fingerprint density at radius 3 is 2.75 bits per heavy atom. The number of benzene rings is 3. The van der Waals surface area contributed by atoms with Crippen LogP contribution in [0.1, 0.15) is 29.9 Å². The first-order valence-corrected chi connectivity index (χ1v) is 11.3. The van der Waals surface area contributed by atoms with Gasteiger partial charge >= 0.3 is 0 Å². The molecule has 1 saturated heterocycles. The van der Waals surface area contributed by atoms with E-state index in [9.17, 15) is 5.11 Å². The van der Waals surface area contributed by atoms with Gasteiger partial charge < -0.3 is 19.3 Å². The van der Waals surface area contributed by atoms with Crippen molar-refractivity contribution in [2.45, 2.75) is 31.5 Å². The average molecular weight is 432 g/mol. The summed E-state index contributed by atoms with van der Waals surface area (Å²) in [6.45, 7) is 3.85. The molecule has 1 N–H and O–H groups in total. The van der Waals surface area contributed by atoms with Gasteiger partial charge in [-0.1, -0.05) is 48.5 Å². The van der Waals surface area contributed by atoms with E-state index in [1.165, 1.54) is 5.56 Å². The van der Waals surface area contributed by atoms with Gasteiger partial charge in [-0.2, -0.15) is 0 Å². The summed E-state index contributed by atoms with van der Waals surface area (Å²) in [6, 6.07) is 23.6. The van der Waals surface area contributed by atoms with Gasteiger partial charge in [-0.3, -0.25) is 4.90 Å². The summed E-state index contributed by atoms with van der Waals surface area (Å²) >= 11 is 0. The molecule has 2 aliphatic heterocycles. The summed E-state index contributed by atoms with van der Waals surface area (Å²) in [6.07, 6.45) is 2.27. The molecule has 5 rings (SSSR count). The molecule has 0 radical (unpaired) electrons. The Labute approximate surface area is 189 Å². The minimum Gasteiger partial charge on any atom is -0.508 e. The Morgan fingerprint density at radius 1 is 1.00 bits per heavy atom. The van der Waals surface area contributed by atoms with Crippen molar-refractivity contribution in [2.24, 2.45) is 0 Å². The van der Waals surface area contributed by atoms with Crippen molar-refractivity contribution in [1.29, 1.82) is 0 Å². The summed E-state index contributed by atoms with van der Waals surface area (Å²) in [5.74, 6) is 2.92. The highest BCUT2D eigenvalue weighted by Crippen LogP contribution is 2.41. The molecule has 2 aliphatic rings. The topological polar surface area (TPSA) is 51.2 Å². The third-order valence-corrected chi connectivity index (χ3v) is 6.20. The summed E-state index contributed by atoms with van der Waals surface area (Å²) in [5.41, 5.74) is 2.33. The number of likely N-dealkylation sites (tertiary alicyclic amines) is 1. The van der Waals surface area contributed by atoms with Crippen LogP contribution in [0.15, 0.2) is 72.8 Å². The number of phenolic OH excluding ortho intramolecular Hbond substituents is 1. The van der Waals surface area contributed by atoms with Crippen molar-refractivity contribution in [2.75, 3.05) is 26.2 Å². The number of ether oxygens (including phenoxy) is 3. The van der Waals surface area contributed by atoms with E-state index in [4.69, 9.17) is 14.2 Å². The molecular formula is C27H29NO4. The number of aromatic hydroxyl groups is 1. The second-order valence-electron chi connectivity index (χ2n) is 8.60. The van der Waals surface area contributed by atoms with Crippen molar-refractivity contribution in [3.8, 4) is 23.0 Å². The van der Waals surface area contributed by atoms with Crippen molar-refractivity contribution in [3.05, 3.63) is 83.9 Å². The number of phenols is 1. The zero-order chi connectivity index (χ0) is 21.8. The Bertz CT molecular complexity index is 1040. The standard InChI is InChI=1S/C27H29NO4/c29-23-11-4-9-21(15-23)22-10-6-14-28(16-22)17-24-19-31-27-25(12-5-13-26(27)32-24)30-18-20-7-2-1-3-8-20/h1-5,7-9,11-13,15,22,24,29H,6,10,14,16-19H2. The van der Waals surface area contributed by atoms with Gasteiger partial charge in [-0.05, 0) is 60.7 Å². The molecule has 166 valence electrons. The van der Waals surface area contributed by atoms with E-state index in [0.29, 0.717) is 36.4 Å². The van der Waals surface area contributed by atoms with Gasteiger partial charge in [0.05, 0.1) is 0 Å². The predicted molar refractivity (Wildman–Crippen MR) is 124 cm³/mol. The normalized spacial score (nSPS) is 20.6. The van der Waals surface area contributed by atoms with Gasteiger partial charge in [0, 0.05) is 13.1 Å². The lowest BCUT2D eigenvalue weighted by Crippen LogP contribution is -2.44.